The van der Waals surface area contributed by atoms with E-state index in [1.54, 1.807) is 19.0 Å². The number of benzene rings is 2. The standard InChI is InChI=1S/C29H35ClN8O3/c1-4-5-10-26-32-27(30)24(18-41-29(40)23(37(2)3)15-16-25(31)39)38(26)17-19-11-13-20(14-12-19)21-8-6-7-9-22(21)28-33-35-36-34-28/h6-9,11-14,23H,4-5,10,15-18H2,1-3H3,(H2,31,39)(H,33,34,35,36)/t23-/m1/s1. The van der Waals surface area contributed by atoms with Crippen molar-refractivity contribution in [2.75, 3.05) is 14.1 Å². The van der Waals surface area contributed by atoms with E-state index in [2.05, 4.69) is 56.8 Å². The maximum atomic E-state index is 12.9. The lowest BCUT2D eigenvalue weighted by Crippen LogP contribution is -2.38. The molecule has 0 aliphatic carbocycles. The van der Waals surface area contributed by atoms with Gasteiger partial charge in [-0.2, -0.15) is 5.21 Å². The first-order valence-electron chi connectivity index (χ1n) is 13.6. The number of aromatic amines is 1. The average molecular weight is 579 g/mol. The number of H-pyrrole nitrogens is 1. The maximum Gasteiger partial charge on any atom is 0.323 e. The van der Waals surface area contributed by atoms with Crippen LogP contribution in [0, 0.1) is 0 Å². The number of tetrazole rings is 1. The van der Waals surface area contributed by atoms with Gasteiger partial charge in [0.15, 0.2) is 5.15 Å². The van der Waals surface area contributed by atoms with Gasteiger partial charge in [-0.3, -0.25) is 14.5 Å². The molecule has 4 aromatic rings. The van der Waals surface area contributed by atoms with Crippen molar-refractivity contribution in [2.24, 2.45) is 5.73 Å². The molecule has 0 fully saturated rings. The van der Waals surface area contributed by atoms with E-state index in [1.165, 1.54) is 0 Å². The van der Waals surface area contributed by atoms with Gasteiger partial charge in [0.2, 0.25) is 11.7 Å². The molecule has 0 aliphatic rings. The molecule has 41 heavy (non-hydrogen) atoms. The summed E-state index contributed by atoms with van der Waals surface area (Å²) in [6.45, 7) is 2.60. The zero-order valence-corrected chi connectivity index (χ0v) is 24.3. The van der Waals surface area contributed by atoms with Crippen LogP contribution in [0.2, 0.25) is 5.15 Å². The van der Waals surface area contributed by atoms with Gasteiger partial charge in [-0.1, -0.05) is 73.5 Å². The summed E-state index contributed by atoms with van der Waals surface area (Å²) >= 11 is 6.58. The summed E-state index contributed by atoms with van der Waals surface area (Å²) in [5, 5.41) is 14.8. The second-order valence-electron chi connectivity index (χ2n) is 10.0. The number of carbonyl (C=O) groups is 2. The lowest BCUT2D eigenvalue weighted by atomic mass is 9.98. The van der Waals surface area contributed by atoms with Crippen molar-refractivity contribution in [3.8, 4) is 22.5 Å². The zero-order valence-electron chi connectivity index (χ0n) is 23.5. The molecule has 4 rings (SSSR count). The third-order valence-electron chi connectivity index (χ3n) is 6.89. The molecule has 1 amide bonds. The predicted molar refractivity (Wildman–Crippen MR) is 156 cm³/mol. The van der Waals surface area contributed by atoms with Crippen molar-refractivity contribution in [1.29, 1.82) is 0 Å². The largest absolute Gasteiger partial charge is 0.458 e. The summed E-state index contributed by atoms with van der Waals surface area (Å²) in [6, 6.07) is 15.5. The van der Waals surface area contributed by atoms with Crippen LogP contribution in [0.1, 0.15) is 49.7 Å². The van der Waals surface area contributed by atoms with Crippen LogP contribution in [-0.2, 0) is 33.9 Å². The number of ether oxygens (including phenoxy) is 1. The first-order valence-corrected chi connectivity index (χ1v) is 13.9. The minimum absolute atomic E-state index is 0.0339. The maximum absolute atomic E-state index is 12.9. The van der Waals surface area contributed by atoms with Crippen molar-refractivity contribution >= 4 is 23.5 Å². The van der Waals surface area contributed by atoms with Crippen LogP contribution in [-0.4, -0.2) is 67.1 Å². The number of halogens is 1. The molecule has 0 saturated carbocycles. The van der Waals surface area contributed by atoms with E-state index in [4.69, 9.17) is 22.1 Å². The number of nitrogens with two attached hydrogens (primary N) is 1. The Kier molecular flexibility index (Phi) is 10.2. The molecular weight excluding hydrogens is 544 g/mol. The van der Waals surface area contributed by atoms with Gasteiger partial charge in [0.25, 0.3) is 0 Å². The van der Waals surface area contributed by atoms with Gasteiger partial charge in [-0.15, -0.1) is 10.2 Å². The number of unbranched alkanes of at least 4 members (excludes halogenated alkanes) is 1. The van der Waals surface area contributed by atoms with E-state index >= 15 is 0 Å². The molecule has 2 aromatic heterocycles. The Labute approximate surface area is 244 Å². The number of hydrogen-bond donors (Lipinski definition) is 2. The second-order valence-corrected chi connectivity index (χ2v) is 10.4. The first-order chi connectivity index (χ1) is 19.8. The number of aryl methyl sites for hydroxylation is 1. The Morgan fingerprint density at radius 1 is 1.12 bits per heavy atom. The quantitative estimate of drug-likeness (QED) is 0.213. The number of primary amides is 1. The van der Waals surface area contributed by atoms with Crippen molar-refractivity contribution in [2.45, 2.75) is 58.2 Å². The van der Waals surface area contributed by atoms with Crippen LogP contribution in [0.5, 0.6) is 0 Å². The van der Waals surface area contributed by atoms with Crippen LogP contribution < -0.4 is 5.73 Å². The van der Waals surface area contributed by atoms with Crippen LogP contribution in [0.25, 0.3) is 22.5 Å². The van der Waals surface area contributed by atoms with Crippen LogP contribution in [0.15, 0.2) is 48.5 Å². The number of rotatable bonds is 14. The number of aromatic nitrogens is 6. The van der Waals surface area contributed by atoms with E-state index in [9.17, 15) is 9.59 Å². The molecule has 3 N–H and O–H groups in total. The fourth-order valence-electron chi connectivity index (χ4n) is 4.63. The van der Waals surface area contributed by atoms with Crippen LogP contribution >= 0.6 is 11.6 Å². The number of nitrogens with one attached hydrogen (secondary N) is 1. The highest BCUT2D eigenvalue weighted by molar-refractivity contribution is 6.30. The summed E-state index contributed by atoms with van der Waals surface area (Å²) in [7, 11) is 3.52. The minimum Gasteiger partial charge on any atom is -0.458 e. The van der Waals surface area contributed by atoms with E-state index in [1.807, 2.05) is 28.8 Å². The summed E-state index contributed by atoms with van der Waals surface area (Å²) in [4.78, 5) is 30.5. The van der Waals surface area contributed by atoms with Crippen LogP contribution in [0.4, 0.5) is 0 Å². The van der Waals surface area contributed by atoms with Gasteiger partial charge in [-0.25, -0.2) is 4.98 Å². The normalized spacial score (nSPS) is 12.0. The van der Waals surface area contributed by atoms with Gasteiger partial charge in [0.1, 0.15) is 18.5 Å². The fraction of sp³-hybridized carbons (Fsp3) is 0.379. The van der Waals surface area contributed by atoms with E-state index < -0.39 is 17.9 Å². The molecule has 0 aliphatic heterocycles. The average Bonchev–Trinajstić information content (AvgIpc) is 3.59. The van der Waals surface area contributed by atoms with E-state index in [0.29, 0.717) is 23.2 Å². The molecule has 2 aromatic carbocycles. The molecule has 0 radical (unpaired) electrons. The number of nitrogens with zero attached hydrogens (tertiary/aromatic N) is 6. The lowest BCUT2D eigenvalue weighted by Gasteiger charge is -2.22. The summed E-state index contributed by atoms with van der Waals surface area (Å²) < 4.78 is 7.72. The molecule has 0 unspecified atom stereocenters. The Balaban J connectivity index is 1.56. The molecule has 216 valence electrons. The molecule has 1 atom stereocenters. The molecule has 0 bridgehead atoms. The van der Waals surface area contributed by atoms with Crippen molar-refractivity contribution in [3.63, 3.8) is 0 Å². The van der Waals surface area contributed by atoms with E-state index in [0.717, 1.165) is 47.3 Å². The second kappa shape index (κ2) is 14.0. The summed E-state index contributed by atoms with van der Waals surface area (Å²) in [6.07, 6.45) is 3.08. The molecular formula is C29H35ClN8O3. The van der Waals surface area contributed by atoms with Gasteiger partial charge >= 0.3 is 5.97 Å². The number of esters is 1. The Morgan fingerprint density at radius 3 is 2.49 bits per heavy atom. The number of likely N-dealkylation sites (N-methyl/N-ethyl adjacent to an activating group) is 1. The highest BCUT2D eigenvalue weighted by Crippen LogP contribution is 2.30. The van der Waals surface area contributed by atoms with Gasteiger partial charge in [0.05, 0.1) is 5.69 Å². The number of hydrogen-bond acceptors (Lipinski definition) is 8. The van der Waals surface area contributed by atoms with Crippen LogP contribution in [0.3, 0.4) is 0 Å². The molecule has 12 heteroatoms. The Bertz CT molecular complexity index is 1450. The molecule has 0 spiro atoms. The predicted octanol–water partition coefficient (Wildman–Crippen LogP) is 4.01. The molecule has 11 nitrogen and oxygen atoms in total. The third-order valence-corrected chi connectivity index (χ3v) is 7.19. The zero-order chi connectivity index (χ0) is 29.4. The van der Waals surface area contributed by atoms with Crippen molar-refractivity contribution in [3.05, 3.63) is 70.8 Å². The highest BCUT2D eigenvalue weighted by Gasteiger charge is 2.25. The lowest BCUT2D eigenvalue weighted by molar-refractivity contribution is -0.151. The third kappa shape index (κ3) is 7.56. The van der Waals surface area contributed by atoms with Gasteiger partial charge in [0, 0.05) is 24.9 Å². The monoisotopic (exact) mass is 578 g/mol. The Hall–Kier alpha value is -4.09. The number of amides is 1. The summed E-state index contributed by atoms with van der Waals surface area (Å²) in [5.41, 5.74) is 9.85. The molecule has 2 heterocycles. The Morgan fingerprint density at radius 2 is 1.85 bits per heavy atom. The number of carbonyl (C=O) groups excluding carboxylic acids is 2. The summed E-state index contributed by atoms with van der Waals surface area (Å²) in [5.74, 6) is 0.464. The van der Waals surface area contributed by atoms with E-state index in [-0.39, 0.29) is 19.4 Å². The number of imidazole rings is 1. The van der Waals surface area contributed by atoms with Gasteiger partial charge < -0.3 is 15.0 Å². The smallest absolute Gasteiger partial charge is 0.323 e. The minimum atomic E-state index is -0.597. The molecule has 0 saturated heterocycles. The van der Waals surface area contributed by atoms with Crippen molar-refractivity contribution in [1.82, 2.24) is 35.1 Å². The van der Waals surface area contributed by atoms with Gasteiger partial charge in [-0.05, 0) is 48.8 Å². The van der Waals surface area contributed by atoms with Crippen molar-refractivity contribution < 1.29 is 14.3 Å². The fourth-order valence-corrected chi connectivity index (χ4v) is 4.89. The first kappa shape index (κ1) is 29.9. The SMILES string of the molecule is CCCCc1nc(Cl)c(COC(=O)[C@@H](CCC(N)=O)N(C)C)n1Cc1ccc(-c2ccccc2-c2nn[nH]n2)cc1. The topological polar surface area (TPSA) is 145 Å². The highest BCUT2D eigenvalue weighted by atomic mass is 35.5.